The van der Waals surface area contributed by atoms with Crippen LogP contribution in [-0.4, -0.2) is 19.1 Å². The van der Waals surface area contributed by atoms with Crippen molar-refractivity contribution in [1.82, 2.24) is 0 Å². The van der Waals surface area contributed by atoms with Crippen LogP contribution in [0.15, 0.2) is 18.2 Å². The number of hydrogen-bond donors (Lipinski definition) is 2. The second kappa shape index (κ2) is 6.76. The predicted octanol–water partition coefficient (Wildman–Crippen LogP) is 1.88. The van der Waals surface area contributed by atoms with Gasteiger partial charge in [-0.25, -0.2) is 0 Å². The molecule has 0 aliphatic carbocycles. The van der Waals surface area contributed by atoms with Crippen LogP contribution in [0.2, 0.25) is 0 Å². The molecule has 0 unspecified atom stereocenters. The smallest absolute Gasteiger partial charge is 0.241 e. The van der Waals surface area contributed by atoms with Gasteiger partial charge >= 0.3 is 0 Å². The summed E-state index contributed by atoms with van der Waals surface area (Å²) < 4.78 is 5.14. The Kier molecular flexibility index (Phi) is 5.34. The molecule has 5 heteroatoms. The summed E-state index contributed by atoms with van der Waals surface area (Å²) in [6.07, 6.45) is 0.616. The molecule has 0 spiro atoms. The van der Waals surface area contributed by atoms with Crippen LogP contribution in [-0.2, 0) is 4.79 Å². The van der Waals surface area contributed by atoms with Gasteiger partial charge in [0.15, 0.2) is 0 Å². The van der Waals surface area contributed by atoms with Crippen molar-refractivity contribution in [3.63, 3.8) is 0 Å². The van der Waals surface area contributed by atoms with E-state index in [1.54, 1.807) is 18.2 Å². The number of hydrogen-bond acceptors (Lipinski definition) is 4. The molecule has 0 heterocycles. The lowest BCUT2D eigenvalue weighted by molar-refractivity contribution is -0.117. The highest BCUT2D eigenvalue weighted by Crippen LogP contribution is 2.25. The molecule has 0 fully saturated rings. The lowest BCUT2D eigenvalue weighted by Crippen LogP contribution is -2.36. The Labute approximate surface area is 113 Å². The van der Waals surface area contributed by atoms with E-state index in [0.29, 0.717) is 29.3 Å². The van der Waals surface area contributed by atoms with E-state index in [1.165, 1.54) is 7.11 Å². The summed E-state index contributed by atoms with van der Waals surface area (Å²) in [6, 6.07) is 6.28. The normalized spacial score (nSPS) is 11.8. The monoisotopic (exact) mass is 261 g/mol. The number of nitrogens with one attached hydrogen (secondary N) is 1. The zero-order chi connectivity index (χ0) is 14.4. The number of carbonyl (C=O) groups is 1. The second-order valence-electron chi connectivity index (χ2n) is 4.75. The first-order valence-electron chi connectivity index (χ1n) is 6.12. The maximum Gasteiger partial charge on any atom is 0.241 e. The number of ether oxygens (including phenoxy) is 1. The van der Waals surface area contributed by atoms with Crippen molar-refractivity contribution in [2.45, 2.75) is 26.3 Å². The average Bonchev–Trinajstić information content (AvgIpc) is 2.38. The molecule has 1 amide bonds. The molecule has 1 aromatic carbocycles. The number of nitriles is 1. The molecule has 1 atom stereocenters. The van der Waals surface area contributed by atoms with Gasteiger partial charge in [0.2, 0.25) is 5.91 Å². The van der Waals surface area contributed by atoms with Crippen LogP contribution in [0.5, 0.6) is 5.75 Å². The number of methoxy groups -OCH3 is 1. The topological polar surface area (TPSA) is 88.1 Å². The van der Waals surface area contributed by atoms with Gasteiger partial charge in [0.1, 0.15) is 5.75 Å². The molecule has 0 aromatic heterocycles. The molecular weight excluding hydrogens is 242 g/mol. The quantitative estimate of drug-likeness (QED) is 0.847. The number of nitrogens with zero attached hydrogens (tertiary/aromatic N) is 1. The fraction of sp³-hybridized carbons (Fsp3) is 0.429. The van der Waals surface area contributed by atoms with E-state index < -0.39 is 6.04 Å². The largest absolute Gasteiger partial charge is 0.495 e. The van der Waals surface area contributed by atoms with Gasteiger partial charge in [-0.2, -0.15) is 5.26 Å². The molecular formula is C14H19N3O2. The van der Waals surface area contributed by atoms with E-state index in [-0.39, 0.29) is 5.91 Å². The SMILES string of the molecule is COc1cc(C#N)ccc1NC(=O)[C@H](N)CC(C)C. The summed E-state index contributed by atoms with van der Waals surface area (Å²) in [5.41, 5.74) is 6.80. The molecule has 1 aromatic rings. The molecule has 102 valence electrons. The summed E-state index contributed by atoms with van der Waals surface area (Å²) in [5.74, 6) is 0.546. The van der Waals surface area contributed by atoms with Crippen LogP contribution in [0, 0.1) is 17.2 Å². The first-order valence-corrected chi connectivity index (χ1v) is 6.12. The van der Waals surface area contributed by atoms with Crippen LogP contribution < -0.4 is 15.8 Å². The number of rotatable bonds is 5. The van der Waals surface area contributed by atoms with Gasteiger partial charge in [0.05, 0.1) is 30.5 Å². The van der Waals surface area contributed by atoms with E-state index >= 15 is 0 Å². The third kappa shape index (κ3) is 4.27. The molecule has 0 radical (unpaired) electrons. The van der Waals surface area contributed by atoms with Gasteiger partial charge in [0.25, 0.3) is 0 Å². The standard InChI is InChI=1S/C14H19N3O2/c1-9(2)6-11(16)14(18)17-12-5-4-10(8-15)7-13(12)19-3/h4-5,7,9,11H,6,16H2,1-3H3,(H,17,18)/t11-/m1/s1. The van der Waals surface area contributed by atoms with Crippen LogP contribution in [0.25, 0.3) is 0 Å². The van der Waals surface area contributed by atoms with Gasteiger partial charge in [-0.1, -0.05) is 13.8 Å². The highest BCUT2D eigenvalue weighted by Gasteiger charge is 2.16. The number of carbonyl (C=O) groups excluding carboxylic acids is 1. The minimum Gasteiger partial charge on any atom is -0.495 e. The Morgan fingerprint density at radius 3 is 2.74 bits per heavy atom. The Bertz CT molecular complexity index is 492. The van der Waals surface area contributed by atoms with Crippen LogP contribution in [0.3, 0.4) is 0 Å². The fourth-order valence-electron chi connectivity index (χ4n) is 1.70. The minimum absolute atomic E-state index is 0.253. The van der Waals surface area contributed by atoms with E-state index in [1.807, 2.05) is 19.9 Å². The van der Waals surface area contributed by atoms with Crippen LogP contribution in [0.4, 0.5) is 5.69 Å². The summed E-state index contributed by atoms with van der Waals surface area (Å²) in [4.78, 5) is 11.9. The molecule has 5 nitrogen and oxygen atoms in total. The second-order valence-corrected chi connectivity index (χ2v) is 4.75. The highest BCUT2D eigenvalue weighted by atomic mass is 16.5. The zero-order valence-corrected chi connectivity index (χ0v) is 11.4. The zero-order valence-electron chi connectivity index (χ0n) is 11.4. The first-order chi connectivity index (χ1) is 8.97. The van der Waals surface area contributed by atoms with Crippen LogP contribution >= 0.6 is 0 Å². The lowest BCUT2D eigenvalue weighted by Gasteiger charge is -2.15. The molecule has 0 bridgehead atoms. The van der Waals surface area contributed by atoms with Crippen LogP contribution in [0.1, 0.15) is 25.8 Å². The number of amides is 1. The summed E-state index contributed by atoms with van der Waals surface area (Å²) in [7, 11) is 1.49. The van der Waals surface area contributed by atoms with E-state index in [2.05, 4.69) is 5.32 Å². The molecule has 19 heavy (non-hydrogen) atoms. The van der Waals surface area contributed by atoms with Crippen molar-refractivity contribution in [1.29, 1.82) is 5.26 Å². The average molecular weight is 261 g/mol. The van der Waals surface area contributed by atoms with Crippen molar-refractivity contribution in [2.75, 3.05) is 12.4 Å². The minimum atomic E-state index is -0.555. The maximum atomic E-state index is 11.9. The van der Waals surface area contributed by atoms with Crippen molar-refractivity contribution < 1.29 is 9.53 Å². The van der Waals surface area contributed by atoms with Gasteiger partial charge in [-0.05, 0) is 24.5 Å². The van der Waals surface area contributed by atoms with Crippen molar-refractivity contribution >= 4 is 11.6 Å². The Morgan fingerprint density at radius 1 is 1.53 bits per heavy atom. The molecule has 1 rings (SSSR count). The van der Waals surface area contributed by atoms with E-state index in [4.69, 9.17) is 15.7 Å². The first kappa shape index (κ1) is 15.0. The highest BCUT2D eigenvalue weighted by molar-refractivity contribution is 5.96. The van der Waals surface area contributed by atoms with E-state index in [9.17, 15) is 4.79 Å². The number of nitrogens with two attached hydrogens (primary N) is 1. The molecule has 3 N–H and O–H groups in total. The van der Waals surface area contributed by atoms with Gasteiger partial charge in [-0.15, -0.1) is 0 Å². The summed E-state index contributed by atoms with van der Waals surface area (Å²) in [5, 5.41) is 11.5. The Morgan fingerprint density at radius 2 is 2.21 bits per heavy atom. The van der Waals surface area contributed by atoms with Crippen molar-refractivity contribution in [3.05, 3.63) is 23.8 Å². The fourth-order valence-corrected chi connectivity index (χ4v) is 1.70. The molecule has 0 aliphatic heterocycles. The summed E-state index contributed by atoms with van der Waals surface area (Å²) >= 11 is 0. The van der Waals surface area contributed by atoms with E-state index in [0.717, 1.165) is 0 Å². The number of anilines is 1. The lowest BCUT2D eigenvalue weighted by atomic mass is 10.0. The Balaban J connectivity index is 2.82. The Hall–Kier alpha value is -2.06. The number of benzene rings is 1. The van der Waals surface area contributed by atoms with Crippen molar-refractivity contribution in [2.24, 2.45) is 11.7 Å². The molecule has 0 saturated carbocycles. The summed E-state index contributed by atoms with van der Waals surface area (Å²) in [6.45, 7) is 4.02. The van der Waals surface area contributed by atoms with Gasteiger partial charge in [0, 0.05) is 6.07 Å². The van der Waals surface area contributed by atoms with Gasteiger partial charge in [-0.3, -0.25) is 4.79 Å². The van der Waals surface area contributed by atoms with Gasteiger partial charge < -0.3 is 15.8 Å². The molecule has 0 aliphatic rings. The predicted molar refractivity (Wildman–Crippen MR) is 73.8 cm³/mol. The van der Waals surface area contributed by atoms with Crippen molar-refractivity contribution in [3.8, 4) is 11.8 Å². The third-order valence-electron chi connectivity index (χ3n) is 2.65. The third-order valence-corrected chi connectivity index (χ3v) is 2.65. The molecule has 0 saturated heterocycles. The maximum absolute atomic E-state index is 11.9.